The van der Waals surface area contributed by atoms with Gasteiger partial charge in [0.1, 0.15) is 43.6 Å². The summed E-state index contributed by atoms with van der Waals surface area (Å²) in [7, 11) is 3.01. The number of carbonyl (C=O) groups excluding carboxylic acids is 8. The number of hydrogen-bond donors (Lipinski definition) is 6. The summed E-state index contributed by atoms with van der Waals surface area (Å²) in [6.45, 7) is 9.82. The van der Waals surface area contributed by atoms with E-state index in [9.17, 15) is 43.5 Å². The van der Waals surface area contributed by atoms with Crippen LogP contribution in [0.2, 0.25) is 0 Å². The minimum Gasteiger partial charge on any atom is -0.465 e. The normalized spacial score (nSPS) is 20.5. The Balaban J connectivity index is 0.897. The summed E-state index contributed by atoms with van der Waals surface area (Å²) in [5.41, 5.74) is 8.43. The number of nitrogens with zero attached hydrogens (tertiary/aromatic N) is 2. The number of fused-ring (bicyclic) bond motifs is 4. The average Bonchev–Trinajstić information content (AvgIpc) is 4.27. The van der Waals surface area contributed by atoms with Crippen molar-refractivity contribution in [3.8, 4) is 11.1 Å². The summed E-state index contributed by atoms with van der Waals surface area (Å²) in [6.07, 6.45) is -0.00307. The first-order chi connectivity index (χ1) is 36.0. The van der Waals surface area contributed by atoms with Crippen LogP contribution in [0, 0.1) is 16.7 Å². The highest BCUT2D eigenvalue weighted by atomic mass is 16.6. The van der Waals surface area contributed by atoms with Crippen molar-refractivity contribution >= 4 is 53.6 Å². The van der Waals surface area contributed by atoms with Crippen LogP contribution in [0.1, 0.15) is 89.8 Å². The lowest BCUT2D eigenvalue weighted by atomic mass is 9.67. The number of nitrogens with two attached hydrogens (primary N) is 1. The third-order valence-electron chi connectivity index (χ3n) is 15.1. The topological polar surface area (TPSA) is 274 Å². The summed E-state index contributed by atoms with van der Waals surface area (Å²) in [5.74, 6) is -2.78. The lowest BCUT2D eigenvalue weighted by Crippen LogP contribution is -2.54. The van der Waals surface area contributed by atoms with Gasteiger partial charge in [0.05, 0.1) is 5.41 Å². The van der Waals surface area contributed by atoms with Crippen LogP contribution in [0.5, 0.6) is 0 Å². The Kier molecular flexibility index (Phi) is 17.0. The highest BCUT2D eigenvalue weighted by Gasteiger charge is 2.67. The van der Waals surface area contributed by atoms with Crippen LogP contribution in [-0.4, -0.2) is 134 Å². The smallest absolute Gasteiger partial charge is 0.410 e. The summed E-state index contributed by atoms with van der Waals surface area (Å²) >= 11 is 0. The first-order valence-corrected chi connectivity index (χ1v) is 25.5. The lowest BCUT2D eigenvalue weighted by molar-refractivity contribution is -0.144. The van der Waals surface area contributed by atoms with Gasteiger partial charge in [-0.1, -0.05) is 86.2 Å². The number of ether oxygens (including phenoxy) is 4. The van der Waals surface area contributed by atoms with E-state index in [0.717, 1.165) is 27.8 Å². The number of amides is 7. The van der Waals surface area contributed by atoms with E-state index < -0.39 is 88.4 Å². The van der Waals surface area contributed by atoms with E-state index >= 15 is 0 Å². The van der Waals surface area contributed by atoms with Crippen LogP contribution in [0.4, 0.5) is 24.9 Å². The SMILES string of the molecule is CC(=O)OCC1(C)C=C2C(=O)C(C)(O)C3(CC3)C(C)=C2C1OC(=O)N(C)CCN(C)C(=O)OCc1ccc(NC(=O)[C@H](CCCNC(N)=O)NC(=O)[C@@H](NC(=O)OCC2c3ccccc3-c3ccccc32)C(C)C)cc1. The fourth-order valence-electron chi connectivity index (χ4n) is 10.4. The largest absolute Gasteiger partial charge is 0.465 e. The molecule has 3 unspecified atom stereocenters. The van der Waals surface area contributed by atoms with Gasteiger partial charge >= 0.3 is 30.3 Å². The standard InChI is InChI=1S/C56H69N7O13/c1-32(2)45(61-51(69)73-30-42-39-16-11-9-14-37(39)38-15-10-12-17-40(38)42)49(67)60-43(18-13-25-58-50(57)68)48(66)59-36-21-19-35(20-22-36)29-74-52(70)62(7)26-27-63(8)53(71)76-47-44-33(3)56(23-24-56)55(6,72)46(65)41(44)28-54(47,5)31-75-34(4)64/h9-12,14-17,19-22,28,32,42-43,45,47,72H,13,18,23-27,29-31H2,1-8H3,(H,59,66)(H,60,67)(H,61,69)(H3,57,58,68)/t43-,45-,47?,54?,55?/m0/s1. The number of esters is 1. The Hall–Kier alpha value is -7.74. The maximum absolute atomic E-state index is 13.8. The number of primary amides is 1. The van der Waals surface area contributed by atoms with Gasteiger partial charge in [-0.25, -0.2) is 19.2 Å². The van der Waals surface area contributed by atoms with Crippen LogP contribution in [0.25, 0.3) is 11.1 Å². The molecule has 3 aromatic carbocycles. The number of hydrogen-bond acceptors (Lipinski definition) is 13. The summed E-state index contributed by atoms with van der Waals surface area (Å²) in [5, 5.41) is 22.1. The second-order valence-electron chi connectivity index (χ2n) is 20.9. The third kappa shape index (κ3) is 12.0. The third-order valence-corrected chi connectivity index (χ3v) is 15.1. The molecule has 1 saturated carbocycles. The molecule has 0 radical (unpaired) electrons. The molecule has 20 heteroatoms. The second-order valence-corrected chi connectivity index (χ2v) is 20.9. The van der Waals surface area contributed by atoms with E-state index in [4.69, 9.17) is 24.7 Å². The maximum Gasteiger partial charge on any atom is 0.410 e. The van der Waals surface area contributed by atoms with E-state index in [0.29, 0.717) is 29.7 Å². The van der Waals surface area contributed by atoms with E-state index in [1.807, 2.05) is 55.5 Å². The number of benzene rings is 3. The molecule has 3 aromatic rings. The van der Waals surface area contributed by atoms with Gasteiger partial charge in [0.2, 0.25) is 11.8 Å². The second kappa shape index (κ2) is 23.0. The Bertz CT molecular complexity index is 2780. The molecule has 0 aliphatic heterocycles. The number of aliphatic hydroxyl groups is 1. The molecule has 7 N–H and O–H groups in total. The zero-order valence-corrected chi connectivity index (χ0v) is 44.3. The average molecular weight is 1050 g/mol. The number of alkyl carbamates (subject to hydrolysis) is 1. The molecule has 20 nitrogen and oxygen atoms in total. The number of ketones is 1. The van der Waals surface area contributed by atoms with Crippen molar-refractivity contribution in [1.29, 1.82) is 0 Å². The molecule has 0 heterocycles. The zero-order chi connectivity index (χ0) is 55.3. The number of nitrogens with one attached hydrogen (secondary N) is 4. The summed E-state index contributed by atoms with van der Waals surface area (Å²) in [6, 6.07) is 19.5. The number of urea groups is 1. The maximum atomic E-state index is 13.8. The molecular weight excluding hydrogens is 979 g/mol. The van der Waals surface area contributed by atoms with Gasteiger partial charge in [0.15, 0.2) is 5.78 Å². The predicted octanol–water partition coefficient (Wildman–Crippen LogP) is 6.07. The van der Waals surface area contributed by atoms with Gasteiger partial charge in [-0.3, -0.25) is 19.2 Å². The number of anilines is 1. The van der Waals surface area contributed by atoms with Gasteiger partial charge in [-0.15, -0.1) is 0 Å². The fourth-order valence-corrected chi connectivity index (χ4v) is 10.4. The Morgan fingerprint density at radius 3 is 2.00 bits per heavy atom. The molecule has 0 bridgehead atoms. The van der Waals surface area contributed by atoms with Gasteiger partial charge in [0.25, 0.3) is 0 Å². The first kappa shape index (κ1) is 56.0. The van der Waals surface area contributed by atoms with E-state index in [1.54, 1.807) is 51.1 Å². The van der Waals surface area contributed by atoms with Crippen molar-refractivity contribution in [2.75, 3.05) is 52.3 Å². The fraction of sp³-hybridized carbons (Fsp3) is 0.464. The van der Waals surface area contributed by atoms with Crippen LogP contribution < -0.4 is 27.0 Å². The Morgan fingerprint density at radius 2 is 1.42 bits per heavy atom. The number of likely N-dealkylation sites (N-methyl/N-ethyl adjacent to an activating group) is 2. The quantitative estimate of drug-likeness (QED) is 0.0427. The van der Waals surface area contributed by atoms with E-state index in [1.165, 1.54) is 37.7 Å². The van der Waals surface area contributed by atoms with Gasteiger partial charge < -0.3 is 60.9 Å². The number of Topliss-reactive ketones (excluding diaryl/α,β-unsaturated/α-hetero) is 1. The van der Waals surface area contributed by atoms with Crippen molar-refractivity contribution in [1.82, 2.24) is 25.8 Å². The highest BCUT2D eigenvalue weighted by molar-refractivity contribution is 6.09. The Labute approximate surface area is 442 Å². The van der Waals surface area contributed by atoms with Crippen LogP contribution in [0.3, 0.4) is 0 Å². The first-order valence-electron chi connectivity index (χ1n) is 25.5. The van der Waals surface area contributed by atoms with Crippen molar-refractivity contribution in [2.45, 2.75) is 104 Å². The van der Waals surface area contributed by atoms with Gasteiger partial charge in [-0.2, -0.15) is 0 Å². The zero-order valence-electron chi connectivity index (χ0n) is 44.3. The molecule has 1 fully saturated rings. The molecule has 4 aliphatic carbocycles. The molecule has 7 rings (SSSR count). The van der Waals surface area contributed by atoms with Crippen molar-refractivity contribution in [3.05, 3.63) is 112 Å². The molecule has 1 spiro atoms. The van der Waals surface area contributed by atoms with Crippen molar-refractivity contribution in [2.24, 2.45) is 22.5 Å². The Morgan fingerprint density at radius 1 is 0.816 bits per heavy atom. The molecule has 0 aromatic heterocycles. The monoisotopic (exact) mass is 1050 g/mol. The minimum absolute atomic E-state index is 0.0401. The van der Waals surface area contributed by atoms with E-state index in [2.05, 4.69) is 21.3 Å². The van der Waals surface area contributed by atoms with Crippen LogP contribution in [-0.2, 0) is 44.7 Å². The molecule has 406 valence electrons. The molecule has 4 aliphatic rings. The number of rotatable bonds is 20. The van der Waals surface area contributed by atoms with Crippen LogP contribution in [0.15, 0.2) is 95.6 Å². The predicted molar refractivity (Wildman–Crippen MR) is 279 cm³/mol. The molecule has 0 saturated heterocycles. The molecule has 76 heavy (non-hydrogen) atoms. The van der Waals surface area contributed by atoms with Gasteiger partial charge in [-0.05, 0) is 92.3 Å². The van der Waals surface area contributed by atoms with Crippen molar-refractivity contribution in [3.63, 3.8) is 0 Å². The van der Waals surface area contributed by atoms with Crippen LogP contribution >= 0.6 is 0 Å². The van der Waals surface area contributed by atoms with Gasteiger partial charge in [0, 0.05) is 68.8 Å². The summed E-state index contributed by atoms with van der Waals surface area (Å²) < 4.78 is 22.7. The number of carbonyl (C=O) groups is 8. The summed E-state index contributed by atoms with van der Waals surface area (Å²) in [4.78, 5) is 107. The van der Waals surface area contributed by atoms with E-state index in [-0.39, 0.29) is 63.8 Å². The molecule has 7 amide bonds. The molecular formula is C56H69N7O13. The molecule has 5 atom stereocenters. The minimum atomic E-state index is -1.64. The van der Waals surface area contributed by atoms with Crippen molar-refractivity contribution < 1.29 is 62.4 Å². The lowest BCUT2D eigenvalue weighted by Gasteiger charge is -2.40. The highest BCUT2D eigenvalue weighted by Crippen LogP contribution is 2.66.